The van der Waals surface area contributed by atoms with Gasteiger partial charge >= 0.3 is 7.05 Å². The first kappa shape index (κ1) is 25.8. The van der Waals surface area contributed by atoms with Crippen molar-refractivity contribution in [2.24, 2.45) is 5.92 Å². The monoisotopic (exact) mass is 478 g/mol. The van der Waals surface area contributed by atoms with E-state index < -0.39 is 7.05 Å². The molecule has 188 valence electrons. The lowest BCUT2D eigenvalue weighted by Gasteiger charge is -2.45. The molecule has 1 aromatic heterocycles. The Bertz CT molecular complexity index is 870. The molecular formula is C27H39BN4O3. The summed E-state index contributed by atoms with van der Waals surface area (Å²) in [5.41, 5.74) is 2.26. The maximum absolute atomic E-state index is 13.5. The van der Waals surface area contributed by atoms with Crippen LogP contribution in [0.1, 0.15) is 43.0 Å². The third-order valence-corrected chi connectivity index (χ3v) is 7.58. The summed E-state index contributed by atoms with van der Waals surface area (Å²) in [7, 11) is 1.32. The average molecular weight is 478 g/mol. The number of benzene rings is 1. The van der Waals surface area contributed by atoms with E-state index >= 15 is 0 Å². The molecule has 4 rings (SSSR count). The van der Waals surface area contributed by atoms with Crippen LogP contribution in [0.4, 0.5) is 0 Å². The fraction of sp³-hybridized carbons (Fsp3) is 0.556. The molecule has 3 heterocycles. The fourth-order valence-corrected chi connectivity index (χ4v) is 5.58. The highest BCUT2D eigenvalue weighted by Gasteiger charge is 2.36. The van der Waals surface area contributed by atoms with Crippen molar-refractivity contribution in [2.45, 2.75) is 44.6 Å². The molecule has 8 heteroatoms. The second kappa shape index (κ2) is 12.6. The second-order valence-corrected chi connectivity index (χ2v) is 9.90. The van der Waals surface area contributed by atoms with Gasteiger partial charge in [0.1, 0.15) is 0 Å². The number of nitrogens with zero attached hydrogens (tertiary/aromatic N) is 4. The Morgan fingerprint density at radius 3 is 2.51 bits per heavy atom. The van der Waals surface area contributed by atoms with Crippen LogP contribution in [-0.4, -0.2) is 90.1 Å². The molecule has 1 unspecified atom stereocenters. The molecule has 2 aromatic rings. The number of rotatable bonds is 9. The molecule has 7 nitrogen and oxygen atoms in total. The predicted molar refractivity (Wildman–Crippen MR) is 139 cm³/mol. The summed E-state index contributed by atoms with van der Waals surface area (Å²) in [6.07, 6.45) is 5.21. The molecule has 2 atom stereocenters. The van der Waals surface area contributed by atoms with Crippen LogP contribution in [0.15, 0.2) is 54.7 Å². The number of pyridine rings is 1. The van der Waals surface area contributed by atoms with E-state index in [2.05, 4.69) is 44.9 Å². The quantitative estimate of drug-likeness (QED) is 0.559. The van der Waals surface area contributed by atoms with Gasteiger partial charge in [0.05, 0.1) is 11.7 Å². The summed E-state index contributed by atoms with van der Waals surface area (Å²) >= 11 is 0. The molecule has 2 aliphatic rings. The topological polar surface area (TPSA) is 69.1 Å². The van der Waals surface area contributed by atoms with Crippen molar-refractivity contribution >= 4 is 13.0 Å². The SMILES string of the molecule is COCC[C@H]1CN(C(c2ccccc2)c2ccccn2)CCN1C(=O)CC1CCN(B(C)O)CC1. The van der Waals surface area contributed by atoms with E-state index in [0.717, 1.165) is 57.7 Å². The van der Waals surface area contributed by atoms with Crippen LogP contribution >= 0.6 is 0 Å². The first-order valence-electron chi connectivity index (χ1n) is 13.0. The van der Waals surface area contributed by atoms with Gasteiger partial charge in [-0.05, 0) is 62.8 Å². The van der Waals surface area contributed by atoms with Crippen LogP contribution in [0.25, 0.3) is 0 Å². The first-order chi connectivity index (χ1) is 17.1. The van der Waals surface area contributed by atoms with Gasteiger partial charge in [0.25, 0.3) is 0 Å². The molecule has 0 aliphatic carbocycles. The van der Waals surface area contributed by atoms with Crippen LogP contribution in [0.5, 0.6) is 0 Å². The molecule has 1 N–H and O–H groups in total. The van der Waals surface area contributed by atoms with E-state index in [1.807, 2.05) is 31.2 Å². The Hall–Kier alpha value is -2.26. The lowest BCUT2D eigenvalue weighted by atomic mass is 9.80. The van der Waals surface area contributed by atoms with E-state index in [4.69, 9.17) is 9.72 Å². The first-order valence-corrected chi connectivity index (χ1v) is 13.0. The van der Waals surface area contributed by atoms with Crippen LogP contribution in [0.3, 0.4) is 0 Å². The third kappa shape index (κ3) is 6.70. The lowest BCUT2D eigenvalue weighted by Crippen LogP contribution is -2.56. The molecule has 2 fully saturated rings. The van der Waals surface area contributed by atoms with Crippen LogP contribution in [0, 0.1) is 5.92 Å². The second-order valence-electron chi connectivity index (χ2n) is 9.90. The minimum atomic E-state index is -0.408. The van der Waals surface area contributed by atoms with Gasteiger partial charge in [-0.3, -0.25) is 14.7 Å². The van der Waals surface area contributed by atoms with Crippen LogP contribution in [-0.2, 0) is 9.53 Å². The van der Waals surface area contributed by atoms with Crippen molar-refractivity contribution in [1.82, 2.24) is 19.6 Å². The number of hydrogen-bond acceptors (Lipinski definition) is 6. The van der Waals surface area contributed by atoms with Gasteiger partial charge in [-0.2, -0.15) is 0 Å². The van der Waals surface area contributed by atoms with Crippen molar-refractivity contribution in [3.63, 3.8) is 0 Å². The summed E-state index contributed by atoms with van der Waals surface area (Å²) in [5, 5.41) is 9.83. The van der Waals surface area contributed by atoms with Gasteiger partial charge in [-0.25, -0.2) is 0 Å². The molecule has 0 bridgehead atoms. The number of aromatic nitrogens is 1. The normalized spacial score (nSPS) is 21.1. The largest absolute Gasteiger partial charge is 0.437 e. The minimum absolute atomic E-state index is 0.0597. The van der Waals surface area contributed by atoms with E-state index in [9.17, 15) is 9.82 Å². The summed E-state index contributed by atoms with van der Waals surface area (Å²) in [6.45, 7) is 6.50. The van der Waals surface area contributed by atoms with Gasteiger partial charge < -0.3 is 19.5 Å². The smallest absolute Gasteiger partial charge is 0.376 e. The van der Waals surface area contributed by atoms with Crippen molar-refractivity contribution in [3.05, 3.63) is 66.0 Å². The zero-order chi connectivity index (χ0) is 24.6. The number of carbonyl (C=O) groups excluding carboxylic acids is 1. The van der Waals surface area contributed by atoms with Crippen molar-refractivity contribution in [3.8, 4) is 0 Å². The van der Waals surface area contributed by atoms with Crippen molar-refractivity contribution in [2.75, 3.05) is 46.4 Å². The number of carbonyl (C=O) groups is 1. The average Bonchev–Trinajstić information content (AvgIpc) is 2.89. The highest BCUT2D eigenvalue weighted by Crippen LogP contribution is 2.31. The van der Waals surface area contributed by atoms with Gasteiger partial charge in [-0.1, -0.05) is 36.4 Å². The molecule has 0 radical (unpaired) electrons. The standard InChI is InChI=1S/C27H39BN4O3/c1-28(34)31-15-11-22(12-16-31)20-26(33)32-18-17-30(21-24(32)13-19-35-2)27(23-8-4-3-5-9-23)25-10-6-7-14-29-25/h3-10,14,22,24,27,34H,11-13,15-21H2,1-2H3/t24-,27?/m0/s1. The summed E-state index contributed by atoms with van der Waals surface area (Å²) in [5.74, 6) is 0.652. The fourth-order valence-electron chi connectivity index (χ4n) is 5.58. The number of amides is 1. The number of piperazine rings is 1. The van der Waals surface area contributed by atoms with E-state index in [-0.39, 0.29) is 18.0 Å². The Balaban J connectivity index is 1.46. The zero-order valence-corrected chi connectivity index (χ0v) is 21.1. The Morgan fingerprint density at radius 1 is 1.11 bits per heavy atom. The number of methoxy groups -OCH3 is 1. The maximum atomic E-state index is 13.5. The van der Waals surface area contributed by atoms with E-state index in [1.54, 1.807) is 7.11 Å². The number of ether oxygens (including phenoxy) is 1. The number of piperidine rings is 1. The van der Waals surface area contributed by atoms with E-state index in [0.29, 0.717) is 18.9 Å². The molecule has 1 aromatic carbocycles. The van der Waals surface area contributed by atoms with Gasteiger partial charge in [-0.15, -0.1) is 0 Å². The van der Waals surface area contributed by atoms with Crippen molar-refractivity contribution < 1.29 is 14.6 Å². The van der Waals surface area contributed by atoms with Crippen LogP contribution < -0.4 is 0 Å². The minimum Gasteiger partial charge on any atom is -0.437 e. The Morgan fingerprint density at radius 2 is 1.86 bits per heavy atom. The molecule has 2 saturated heterocycles. The molecule has 35 heavy (non-hydrogen) atoms. The zero-order valence-electron chi connectivity index (χ0n) is 21.1. The number of hydrogen-bond donors (Lipinski definition) is 1. The van der Waals surface area contributed by atoms with Gasteiger partial charge in [0.2, 0.25) is 5.91 Å². The summed E-state index contributed by atoms with van der Waals surface area (Å²) in [6, 6.07) is 16.8. The van der Waals surface area contributed by atoms with Gasteiger partial charge in [0, 0.05) is 52.0 Å². The lowest BCUT2D eigenvalue weighted by molar-refractivity contribution is -0.138. The summed E-state index contributed by atoms with van der Waals surface area (Å²) < 4.78 is 5.42. The Kier molecular flexibility index (Phi) is 9.32. The highest BCUT2D eigenvalue weighted by molar-refractivity contribution is 6.45. The Labute approximate surface area is 210 Å². The van der Waals surface area contributed by atoms with E-state index in [1.165, 1.54) is 5.56 Å². The maximum Gasteiger partial charge on any atom is 0.376 e. The summed E-state index contributed by atoms with van der Waals surface area (Å²) in [4.78, 5) is 24.8. The molecule has 0 spiro atoms. The molecule has 1 amide bonds. The van der Waals surface area contributed by atoms with Gasteiger partial charge in [0.15, 0.2) is 0 Å². The molecule has 0 saturated carbocycles. The third-order valence-electron chi connectivity index (χ3n) is 7.58. The van der Waals surface area contributed by atoms with Crippen molar-refractivity contribution in [1.29, 1.82) is 0 Å². The molecular weight excluding hydrogens is 439 g/mol. The predicted octanol–water partition coefficient (Wildman–Crippen LogP) is 2.93. The molecule has 2 aliphatic heterocycles. The highest BCUT2D eigenvalue weighted by atomic mass is 16.5. The van der Waals surface area contributed by atoms with Crippen LogP contribution in [0.2, 0.25) is 6.82 Å².